The molecule has 1 atom stereocenters. The molecule has 1 heterocycles. The van der Waals surface area contributed by atoms with E-state index in [-0.39, 0.29) is 12.5 Å². The zero-order valence-electron chi connectivity index (χ0n) is 10.4. The number of ether oxygens (including phenoxy) is 1. The Balaban J connectivity index is 1.82. The zero-order valence-corrected chi connectivity index (χ0v) is 10.4. The molecule has 0 spiro atoms. The number of hydrogen-bond acceptors (Lipinski definition) is 3. The summed E-state index contributed by atoms with van der Waals surface area (Å²) < 4.78 is 5.63. The van der Waals surface area contributed by atoms with Gasteiger partial charge in [0.1, 0.15) is 6.10 Å². The van der Waals surface area contributed by atoms with Gasteiger partial charge in [-0.1, -0.05) is 29.8 Å². The number of carboxylic acid groups (broad SMARTS) is 1. The first kappa shape index (κ1) is 12.6. The largest absolute Gasteiger partial charge is 0.481 e. The van der Waals surface area contributed by atoms with Crippen molar-refractivity contribution in [3.8, 4) is 0 Å². The minimum absolute atomic E-state index is 0.0680. The van der Waals surface area contributed by atoms with E-state index >= 15 is 0 Å². The molecule has 1 aliphatic heterocycles. The lowest BCUT2D eigenvalue weighted by Crippen LogP contribution is -2.15. The molecule has 1 aliphatic rings. The highest BCUT2D eigenvalue weighted by molar-refractivity contribution is 5.80. The number of rotatable bonds is 5. The van der Waals surface area contributed by atoms with E-state index in [1.807, 2.05) is 0 Å². The van der Waals surface area contributed by atoms with Gasteiger partial charge in [-0.25, -0.2) is 0 Å². The highest BCUT2D eigenvalue weighted by Gasteiger charge is 2.20. The average molecular weight is 247 g/mol. The summed E-state index contributed by atoms with van der Waals surface area (Å²) in [5, 5.41) is 8.61. The molecule has 0 amide bonds. The Morgan fingerprint density at radius 2 is 2.17 bits per heavy atom. The van der Waals surface area contributed by atoms with Gasteiger partial charge in [0, 0.05) is 12.8 Å². The summed E-state index contributed by atoms with van der Waals surface area (Å²) in [5.74, 6) is -0.0696. The first-order valence-electron chi connectivity index (χ1n) is 6.11. The Labute approximate surface area is 106 Å². The number of nitrogens with zero attached hydrogens (tertiary/aromatic N) is 1. The van der Waals surface area contributed by atoms with E-state index in [0.29, 0.717) is 25.3 Å². The molecular weight excluding hydrogens is 230 g/mol. The second kappa shape index (κ2) is 5.67. The van der Waals surface area contributed by atoms with Crippen molar-refractivity contribution in [3.05, 3.63) is 35.4 Å². The SMILES string of the molecule is Cc1ccc(CC2=NCC(CCC(=O)O)O2)cc1. The molecule has 1 N–H and O–H groups in total. The monoisotopic (exact) mass is 247 g/mol. The average Bonchev–Trinajstić information content (AvgIpc) is 2.77. The summed E-state index contributed by atoms with van der Waals surface area (Å²) in [4.78, 5) is 14.8. The number of aryl methyl sites for hydroxylation is 1. The lowest BCUT2D eigenvalue weighted by molar-refractivity contribution is -0.137. The standard InChI is InChI=1S/C14H17NO3/c1-10-2-4-11(5-3-10)8-13-15-9-12(18-13)6-7-14(16)17/h2-5,12H,6-9H2,1H3,(H,16,17). The van der Waals surface area contributed by atoms with Gasteiger partial charge in [-0.3, -0.25) is 9.79 Å². The molecule has 96 valence electrons. The number of aliphatic carboxylic acids is 1. The fourth-order valence-electron chi connectivity index (χ4n) is 1.88. The van der Waals surface area contributed by atoms with Gasteiger partial charge in [-0.05, 0) is 18.9 Å². The van der Waals surface area contributed by atoms with Crippen molar-refractivity contribution >= 4 is 11.9 Å². The van der Waals surface area contributed by atoms with Crippen LogP contribution in [0.25, 0.3) is 0 Å². The van der Waals surface area contributed by atoms with E-state index in [2.05, 4.69) is 36.2 Å². The molecule has 0 saturated carbocycles. The fourth-order valence-corrected chi connectivity index (χ4v) is 1.88. The van der Waals surface area contributed by atoms with Gasteiger partial charge in [0.15, 0.2) is 5.90 Å². The molecule has 0 bridgehead atoms. The van der Waals surface area contributed by atoms with E-state index in [1.165, 1.54) is 11.1 Å². The van der Waals surface area contributed by atoms with Crippen molar-refractivity contribution in [1.82, 2.24) is 0 Å². The van der Waals surface area contributed by atoms with Crippen molar-refractivity contribution in [1.29, 1.82) is 0 Å². The molecule has 1 aromatic rings. The molecule has 0 aromatic heterocycles. The van der Waals surface area contributed by atoms with Crippen LogP contribution in [0.15, 0.2) is 29.3 Å². The van der Waals surface area contributed by atoms with Crippen LogP contribution in [-0.4, -0.2) is 29.6 Å². The van der Waals surface area contributed by atoms with Gasteiger partial charge >= 0.3 is 5.97 Å². The predicted octanol–water partition coefficient (Wildman–Crippen LogP) is 2.20. The summed E-state index contributed by atoms with van der Waals surface area (Å²) in [6.45, 7) is 2.63. The van der Waals surface area contributed by atoms with Crippen LogP contribution in [0.1, 0.15) is 24.0 Å². The number of benzene rings is 1. The van der Waals surface area contributed by atoms with E-state index in [0.717, 1.165) is 0 Å². The second-order valence-electron chi connectivity index (χ2n) is 4.57. The molecule has 0 saturated heterocycles. The number of carboxylic acids is 1. The molecule has 0 aliphatic carbocycles. The molecule has 0 radical (unpaired) electrons. The van der Waals surface area contributed by atoms with Crippen LogP contribution in [0, 0.1) is 6.92 Å². The van der Waals surface area contributed by atoms with Crippen molar-refractivity contribution in [3.63, 3.8) is 0 Å². The van der Waals surface area contributed by atoms with Crippen molar-refractivity contribution < 1.29 is 14.6 Å². The lowest BCUT2D eigenvalue weighted by Gasteiger charge is -2.09. The Morgan fingerprint density at radius 3 is 2.83 bits per heavy atom. The van der Waals surface area contributed by atoms with Crippen LogP contribution in [0.3, 0.4) is 0 Å². The van der Waals surface area contributed by atoms with E-state index < -0.39 is 5.97 Å². The quantitative estimate of drug-likeness (QED) is 0.867. The number of aliphatic imine (C=N–C) groups is 1. The third-order valence-electron chi connectivity index (χ3n) is 2.93. The first-order chi connectivity index (χ1) is 8.63. The van der Waals surface area contributed by atoms with E-state index in [9.17, 15) is 4.79 Å². The molecule has 0 fully saturated rings. The summed E-state index contributed by atoms with van der Waals surface area (Å²) in [6.07, 6.45) is 1.28. The number of hydrogen-bond donors (Lipinski definition) is 1. The highest BCUT2D eigenvalue weighted by atomic mass is 16.5. The van der Waals surface area contributed by atoms with E-state index in [1.54, 1.807) is 0 Å². The first-order valence-corrected chi connectivity index (χ1v) is 6.11. The molecule has 2 rings (SSSR count). The maximum atomic E-state index is 10.5. The van der Waals surface area contributed by atoms with Crippen LogP contribution in [0.5, 0.6) is 0 Å². The highest BCUT2D eigenvalue weighted by Crippen LogP contribution is 2.14. The van der Waals surface area contributed by atoms with Gasteiger partial charge in [-0.15, -0.1) is 0 Å². The predicted molar refractivity (Wildman–Crippen MR) is 68.9 cm³/mol. The van der Waals surface area contributed by atoms with Gasteiger partial charge in [0.05, 0.1) is 6.54 Å². The van der Waals surface area contributed by atoms with Crippen LogP contribution in [0.4, 0.5) is 0 Å². The maximum absolute atomic E-state index is 10.5. The summed E-state index contributed by atoms with van der Waals surface area (Å²) in [5.41, 5.74) is 2.39. The normalized spacial score (nSPS) is 18.3. The van der Waals surface area contributed by atoms with E-state index in [4.69, 9.17) is 9.84 Å². The third-order valence-corrected chi connectivity index (χ3v) is 2.93. The van der Waals surface area contributed by atoms with Gasteiger partial charge < -0.3 is 9.84 Å². The van der Waals surface area contributed by atoms with Crippen LogP contribution in [0.2, 0.25) is 0 Å². The zero-order chi connectivity index (χ0) is 13.0. The maximum Gasteiger partial charge on any atom is 0.303 e. The minimum Gasteiger partial charge on any atom is -0.481 e. The van der Waals surface area contributed by atoms with Crippen LogP contribution < -0.4 is 0 Å². The smallest absolute Gasteiger partial charge is 0.303 e. The Morgan fingerprint density at radius 1 is 1.44 bits per heavy atom. The lowest BCUT2D eigenvalue weighted by atomic mass is 10.1. The molecule has 18 heavy (non-hydrogen) atoms. The van der Waals surface area contributed by atoms with Crippen molar-refractivity contribution in [2.45, 2.75) is 32.3 Å². The Kier molecular flexibility index (Phi) is 3.97. The topological polar surface area (TPSA) is 58.9 Å². The summed E-state index contributed by atoms with van der Waals surface area (Å²) in [6, 6.07) is 8.25. The molecule has 4 heteroatoms. The molecule has 4 nitrogen and oxygen atoms in total. The van der Waals surface area contributed by atoms with Crippen molar-refractivity contribution in [2.75, 3.05) is 6.54 Å². The third kappa shape index (κ3) is 3.58. The summed E-state index contributed by atoms with van der Waals surface area (Å²) >= 11 is 0. The van der Waals surface area contributed by atoms with Crippen molar-refractivity contribution in [2.24, 2.45) is 4.99 Å². The fraction of sp³-hybridized carbons (Fsp3) is 0.429. The minimum atomic E-state index is -0.786. The van der Waals surface area contributed by atoms with Gasteiger partial charge in [-0.2, -0.15) is 0 Å². The molecular formula is C14H17NO3. The Hall–Kier alpha value is -1.84. The van der Waals surface area contributed by atoms with Crippen LogP contribution in [-0.2, 0) is 16.0 Å². The molecule has 1 aromatic carbocycles. The Bertz CT molecular complexity index is 451. The second-order valence-corrected chi connectivity index (χ2v) is 4.57. The van der Waals surface area contributed by atoms with Gasteiger partial charge in [0.25, 0.3) is 0 Å². The number of carbonyl (C=O) groups is 1. The summed E-state index contributed by atoms with van der Waals surface area (Å²) in [7, 11) is 0. The van der Waals surface area contributed by atoms with Crippen LogP contribution >= 0.6 is 0 Å². The molecule has 1 unspecified atom stereocenters. The van der Waals surface area contributed by atoms with Gasteiger partial charge in [0.2, 0.25) is 0 Å².